The first-order valence-corrected chi connectivity index (χ1v) is 8.58. The number of esters is 1. The molecule has 1 aliphatic carbocycles. The molecule has 1 fully saturated rings. The number of unbranched alkanes of at least 4 members (excludes halogenated alkanes) is 5. The summed E-state index contributed by atoms with van der Waals surface area (Å²) in [5.74, 6) is -0.0362. The molecule has 0 saturated heterocycles. The lowest BCUT2D eigenvalue weighted by molar-refractivity contribution is -0.147. The zero-order valence-corrected chi connectivity index (χ0v) is 13.3. The predicted octanol–water partition coefficient (Wildman–Crippen LogP) is 4.19. The van der Waals surface area contributed by atoms with Crippen molar-refractivity contribution in [3.8, 4) is 0 Å². The van der Waals surface area contributed by atoms with E-state index in [9.17, 15) is 4.79 Å². The molecule has 1 rings (SSSR count). The van der Waals surface area contributed by atoms with Crippen LogP contribution in [-0.2, 0) is 9.53 Å². The van der Waals surface area contributed by atoms with Crippen LogP contribution < -0.4 is 5.73 Å². The Morgan fingerprint density at radius 3 is 2.35 bits per heavy atom. The van der Waals surface area contributed by atoms with Gasteiger partial charge in [-0.2, -0.15) is 0 Å². The van der Waals surface area contributed by atoms with Gasteiger partial charge >= 0.3 is 5.97 Å². The summed E-state index contributed by atoms with van der Waals surface area (Å²) in [6.07, 6.45) is 13.8. The summed E-state index contributed by atoms with van der Waals surface area (Å²) in [4.78, 5) is 11.9. The molecule has 0 atom stereocenters. The smallest absolute Gasteiger partial charge is 0.306 e. The number of nitrogens with two attached hydrogens (primary N) is 1. The van der Waals surface area contributed by atoms with Crippen LogP contribution in [0.25, 0.3) is 0 Å². The molecule has 0 bridgehead atoms. The third-order valence-electron chi connectivity index (χ3n) is 4.63. The summed E-state index contributed by atoms with van der Waals surface area (Å²) < 4.78 is 5.38. The maximum absolute atomic E-state index is 11.9. The normalized spacial score (nSPS) is 17.9. The molecule has 3 nitrogen and oxygen atoms in total. The molecule has 0 spiro atoms. The van der Waals surface area contributed by atoms with Crippen molar-refractivity contribution in [2.75, 3.05) is 13.2 Å². The van der Waals surface area contributed by atoms with Crippen LogP contribution in [0.5, 0.6) is 0 Å². The van der Waals surface area contributed by atoms with E-state index in [1.807, 2.05) is 0 Å². The highest BCUT2D eigenvalue weighted by molar-refractivity contribution is 5.70. The van der Waals surface area contributed by atoms with E-state index in [4.69, 9.17) is 10.5 Å². The lowest BCUT2D eigenvalue weighted by Crippen LogP contribution is -2.35. The van der Waals surface area contributed by atoms with Crippen LogP contribution in [0.1, 0.15) is 84.0 Å². The highest BCUT2D eigenvalue weighted by Gasteiger charge is 2.33. The second-order valence-electron chi connectivity index (χ2n) is 6.43. The maximum atomic E-state index is 11.9. The molecule has 0 aromatic rings. The van der Waals surface area contributed by atoms with Crippen LogP contribution in [0.15, 0.2) is 0 Å². The van der Waals surface area contributed by atoms with Gasteiger partial charge < -0.3 is 10.5 Å². The molecule has 0 aromatic heterocycles. The average Bonchev–Trinajstić information content (AvgIpc) is 2.47. The molecule has 20 heavy (non-hydrogen) atoms. The molecule has 3 heteroatoms. The molecule has 0 aliphatic heterocycles. The van der Waals surface area contributed by atoms with Crippen molar-refractivity contribution >= 4 is 5.97 Å². The van der Waals surface area contributed by atoms with E-state index < -0.39 is 0 Å². The molecule has 0 heterocycles. The predicted molar refractivity (Wildman–Crippen MR) is 83.5 cm³/mol. The molecule has 1 saturated carbocycles. The van der Waals surface area contributed by atoms with Crippen molar-refractivity contribution in [1.82, 2.24) is 0 Å². The maximum Gasteiger partial charge on any atom is 0.306 e. The molecule has 0 aromatic carbocycles. The molecule has 0 radical (unpaired) electrons. The van der Waals surface area contributed by atoms with Gasteiger partial charge in [0.2, 0.25) is 0 Å². The van der Waals surface area contributed by atoms with Crippen molar-refractivity contribution in [1.29, 1.82) is 0 Å². The summed E-state index contributed by atoms with van der Waals surface area (Å²) in [5, 5.41) is 0. The number of hydrogen-bond acceptors (Lipinski definition) is 3. The van der Waals surface area contributed by atoms with Crippen molar-refractivity contribution in [3.05, 3.63) is 0 Å². The minimum Gasteiger partial charge on any atom is -0.466 e. The fraction of sp³-hybridized carbons (Fsp3) is 0.941. The van der Waals surface area contributed by atoms with Gasteiger partial charge in [-0.3, -0.25) is 4.79 Å². The molecule has 2 N–H and O–H groups in total. The number of hydrogen-bond donors (Lipinski definition) is 1. The van der Waals surface area contributed by atoms with Crippen molar-refractivity contribution in [3.63, 3.8) is 0 Å². The third kappa shape index (κ3) is 6.74. The highest BCUT2D eigenvalue weighted by atomic mass is 16.5. The average molecular weight is 283 g/mol. The second kappa shape index (κ2) is 10.2. The van der Waals surface area contributed by atoms with E-state index in [-0.39, 0.29) is 11.4 Å². The van der Waals surface area contributed by atoms with Crippen LogP contribution in [0.3, 0.4) is 0 Å². The van der Waals surface area contributed by atoms with Crippen LogP contribution in [0.2, 0.25) is 0 Å². The molecular formula is C17H33NO2. The largest absolute Gasteiger partial charge is 0.466 e. The Bertz CT molecular complexity index is 260. The van der Waals surface area contributed by atoms with Crippen LogP contribution in [0.4, 0.5) is 0 Å². The van der Waals surface area contributed by atoms with E-state index in [0.29, 0.717) is 19.6 Å². The Kier molecular flexibility index (Phi) is 8.92. The minimum atomic E-state index is -0.0362. The summed E-state index contributed by atoms with van der Waals surface area (Å²) >= 11 is 0. The van der Waals surface area contributed by atoms with Crippen LogP contribution >= 0.6 is 0 Å². The van der Waals surface area contributed by atoms with E-state index >= 15 is 0 Å². The fourth-order valence-electron chi connectivity index (χ4n) is 3.18. The van der Waals surface area contributed by atoms with Crippen molar-refractivity contribution in [2.24, 2.45) is 11.1 Å². The van der Waals surface area contributed by atoms with Crippen molar-refractivity contribution in [2.45, 2.75) is 84.0 Å². The van der Waals surface area contributed by atoms with Gasteiger partial charge in [0.25, 0.3) is 0 Å². The zero-order valence-electron chi connectivity index (χ0n) is 13.3. The van der Waals surface area contributed by atoms with E-state index in [0.717, 1.165) is 19.3 Å². The fourth-order valence-corrected chi connectivity index (χ4v) is 3.18. The van der Waals surface area contributed by atoms with Gasteiger partial charge in [0.05, 0.1) is 13.0 Å². The Morgan fingerprint density at radius 1 is 1.05 bits per heavy atom. The van der Waals surface area contributed by atoms with E-state index in [1.165, 1.54) is 51.4 Å². The summed E-state index contributed by atoms with van der Waals surface area (Å²) in [6, 6.07) is 0. The topological polar surface area (TPSA) is 52.3 Å². The van der Waals surface area contributed by atoms with E-state index in [2.05, 4.69) is 6.92 Å². The molecule has 0 amide bonds. The lowest BCUT2D eigenvalue weighted by Gasteiger charge is -2.35. The van der Waals surface area contributed by atoms with Gasteiger partial charge in [-0.25, -0.2) is 0 Å². The van der Waals surface area contributed by atoms with Crippen molar-refractivity contribution < 1.29 is 9.53 Å². The number of rotatable bonds is 10. The standard InChI is InChI=1S/C17H33NO2/c1-2-3-4-5-6-10-13-20-16(19)14-17(15-18)11-8-7-9-12-17/h2-15,18H2,1H3. The Hall–Kier alpha value is -0.570. The third-order valence-corrected chi connectivity index (χ3v) is 4.63. The number of ether oxygens (including phenoxy) is 1. The number of carbonyl (C=O) groups is 1. The van der Waals surface area contributed by atoms with Gasteiger partial charge in [-0.15, -0.1) is 0 Å². The Morgan fingerprint density at radius 2 is 1.70 bits per heavy atom. The summed E-state index contributed by atoms with van der Waals surface area (Å²) in [5.41, 5.74) is 5.94. The summed E-state index contributed by atoms with van der Waals surface area (Å²) in [7, 11) is 0. The Labute approximate surface area is 124 Å². The molecular weight excluding hydrogens is 250 g/mol. The highest BCUT2D eigenvalue weighted by Crippen LogP contribution is 2.38. The number of carbonyl (C=O) groups excluding carboxylic acids is 1. The molecule has 1 aliphatic rings. The Balaban J connectivity index is 2.10. The van der Waals surface area contributed by atoms with Gasteiger partial charge in [-0.05, 0) is 31.2 Å². The molecule has 0 unspecified atom stereocenters. The summed E-state index contributed by atoms with van der Waals surface area (Å²) in [6.45, 7) is 3.44. The zero-order chi connectivity index (χ0) is 14.7. The van der Waals surface area contributed by atoms with Gasteiger partial charge in [0.15, 0.2) is 0 Å². The first kappa shape index (κ1) is 17.5. The first-order valence-electron chi connectivity index (χ1n) is 8.58. The monoisotopic (exact) mass is 283 g/mol. The van der Waals surface area contributed by atoms with Gasteiger partial charge in [-0.1, -0.05) is 58.3 Å². The molecule has 118 valence electrons. The van der Waals surface area contributed by atoms with Gasteiger partial charge in [0.1, 0.15) is 0 Å². The second-order valence-corrected chi connectivity index (χ2v) is 6.43. The van der Waals surface area contributed by atoms with E-state index in [1.54, 1.807) is 0 Å². The van der Waals surface area contributed by atoms with Crippen LogP contribution in [-0.4, -0.2) is 19.1 Å². The van der Waals surface area contributed by atoms with Gasteiger partial charge in [0, 0.05) is 0 Å². The lowest BCUT2D eigenvalue weighted by atomic mass is 9.72. The first-order chi connectivity index (χ1) is 9.72. The van der Waals surface area contributed by atoms with Crippen LogP contribution in [0, 0.1) is 5.41 Å². The quantitative estimate of drug-likeness (QED) is 0.483. The minimum absolute atomic E-state index is 0.0362. The SMILES string of the molecule is CCCCCCCCOC(=O)CC1(CN)CCCCC1.